The molecule has 0 aromatic heterocycles. The van der Waals surface area contributed by atoms with Crippen LogP contribution < -0.4 is 10.1 Å². The van der Waals surface area contributed by atoms with Crippen LogP contribution in [0.15, 0.2) is 23.9 Å². The molecule has 1 aromatic carbocycles. The summed E-state index contributed by atoms with van der Waals surface area (Å²) in [5.41, 5.74) is 1.17. The monoisotopic (exact) mass is 422 g/mol. The molecule has 0 bridgehead atoms. The summed E-state index contributed by atoms with van der Waals surface area (Å²) in [4.78, 5) is 25.9. The molecule has 8 heteroatoms. The quantitative estimate of drug-likeness (QED) is 0.428. The lowest BCUT2D eigenvalue weighted by Gasteiger charge is -2.29. The average Bonchev–Trinajstić information content (AvgIpc) is 2.95. The van der Waals surface area contributed by atoms with Crippen LogP contribution in [-0.4, -0.2) is 41.1 Å². The van der Waals surface area contributed by atoms with Crippen LogP contribution >= 0.6 is 23.8 Å². The van der Waals surface area contributed by atoms with Crippen LogP contribution in [0.25, 0.3) is 6.08 Å². The highest BCUT2D eigenvalue weighted by molar-refractivity contribution is 7.80. The van der Waals surface area contributed by atoms with Crippen molar-refractivity contribution in [3.8, 4) is 5.75 Å². The van der Waals surface area contributed by atoms with Gasteiger partial charge in [-0.15, -0.1) is 0 Å². The normalized spacial score (nSPS) is 19.1. The molecule has 1 heterocycles. The number of carbonyl (C=O) groups excluding carboxylic acids is 2. The van der Waals surface area contributed by atoms with E-state index in [-0.39, 0.29) is 18.6 Å². The van der Waals surface area contributed by atoms with Crippen molar-refractivity contribution in [1.82, 2.24) is 10.2 Å². The standard InChI is InChI=1S/C20H23ClN2O4S/c1-2-26-18(24)12-27-17-9-8-13(10-15(17)21)11-16-19(25)23(20(28)22-16)14-6-4-3-5-7-14/h8-11,14H,2-7,12H2,1H3,(H,22,28). The summed E-state index contributed by atoms with van der Waals surface area (Å²) in [6.07, 6.45) is 7.15. The van der Waals surface area contributed by atoms with Crippen molar-refractivity contribution >= 4 is 46.9 Å². The average molecular weight is 423 g/mol. The lowest BCUT2D eigenvalue weighted by atomic mass is 9.94. The topological polar surface area (TPSA) is 67.9 Å². The molecule has 2 aliphatic rings. The van der Waals surface area contributed by atoms with Crippen molar-refractivity contribution in [2.24, 2.45) is 0 Å². The van der Waals surface area contributed by atoms with Gasteiger partial charge in [-0.2, -0.15) is 0 Å². The van der Waals surface area contributed by atoms with Crippen LogP contribution in [0.2, 0.25) is 5.02 Å². The number of hydrogen-bond donors (Lipinski definition) is 1. The minimum absolute atomic E-state index is 0.101. The van der Waals surface area contributed by atoms with Crippen LogP contribution in [0, 0.1) is 0 Å². The SMILES string of the molecule is CCOC(=O)COc1ccc(C=C2NC(=S)N(C3CCCCC3)C2=O)cc1Cl. The summed E-state index contributed by atoms with van der Waals surface area (Å²) in [7, 11) is 0. The third-order valence-corrected chi connectivity index (χ3v) is 5.36. The van der Waals surface area contributed by atoms with Gasteiger partial charge in [0.2, 0.25) is 0 Å². The van der Waals surface area contributed by atoms with Gasteiger partial charge in [0.1, 0.15) is 11.4 Å². The fourth-order valence-corrected chi connectivity index (χ4v) is 4.03. The van der Waals surface area contributed by atoms with E-state index in [0.29, 0.717) is 28.2 Å². The zero-order valence-electron chi connectivity index (χ0n) is 15.7. The van der Waals surface area contributed by atoms with Gasteiger partial charge in [0.05, 0.1) is 11.6 Å². The smallest absolute Gasteiger partial charge is 0.344 e. The highest BCUT2D eigenvalue weighted by atomic mass is 35.5. The van der Waals surface area contributed by atoms with Crippen LogP contribution in [-0.2, 0) is 14.3 Å². The Hall–Kier alpha value is -2.12. The van der Waals surface area contributed by atoms with E-state index in [2.05, 4.69) is 5.32 Å². The number of hydrogen-bond acceptors (Lipinski definition) is 5. The summed E-state index contributed by atoms with van der Waals surface area (Å²) in [5, 5.41) is 3.83. The Bertz CT molecular complexity index is 805. The van der Waals surface area contributed by atoms with Crippen LogP contribution in [0.1, 0.15) is 44.6 Å². The first-order valence-corrected chi connectivity index (χ1v) is 10.2. The Balaban J connectivity index is 1.69. The van der Waals surface area contributed by atoms with Gasteiger partial charge in [-0.3, -0.25) is 9.69 Å². The fraction of sp³-hybridized carbons (Fsp3) is 0.450. The van der Waals surface area contributed by atoms with Gasteiger partial charge in [-0.1, -0.05) is 36.9 Å². The molecule has 0 radical (unpaired) electrons. The predicted octanol–water partition coefficient (Wildman–Crippen LogP) is 3.67. The summed E-state index contributed by atoms with van der Waals surface area (Å²) in [6.45, 7) is 1.81. The van der Waals surface area contributed by atoms with Gasteiger partial charge in [-0.05, 0) is 55.8 Å². The number of benzene rings is 1. The van der Waals surface area contributed by atoms with Crippen LogP contribution in [0.3, 0.4) is 0 Å². The van der Waals surface area contributed by atoms with Crippen molar-refractivity contribution < 1.29 is 19.1 Å². The predicted molar refractivity (Wildman–Crippen MR) is 111 cm³/mol. The zero-order chi connectivity index (χ0) is 20.1. The maximum absolute atomic E-state index is 12.8. The Morgan fingerprint density at radius 1 is 1.36 bits per heavy atom. The number of thiocarbonyl (C=S) groups is 1. The molecule has 1 N–H and O–H groups in total. The van der Waals surface area contributed by atoms with E-state index in [1.807, 2.05) is 0 Å². The van der Waals surface area contributed by atoms with Gasteiger partial charge < -0.3 is 14.8 Å². The van der Waals surface area contributed by atoms with E-state index in [1.165, 1.54) is 6.42 Å². The number of rotatable bonds is 6. The largest absolute Gasteiger partial charge is 0.480 e. The molecule has 1 aliphatic heterocycles. The molecule has 150 valence electrons. The molecule has 1 saturated carbocycles. The highest BCUT2D eigenvalue weighted by Crippen LogP contribution is 2.29. The second-order valence-electron chi connectivity index (χ2n) is 6.74. The summed E-state index contributed by atoms with van der Waals surface area (Å²) >= 11 is 11.6. The van der Waals surface area contributed by atoms with E-state index >= 15 is 0 Å². The van der Waals surface area contributed by atoms with E-state index in [0.717, 1.165) is 31.2 Å². The maximum atomic E-state index is 12.8. The number of esters is 1. The summed E-state index contributed by atoms with van der Waals surface area (Å²) in [6, 6.07) is 5.27. The van der Waals surface area contributed by atoms with E-state index in [4.69, 9.17) is 33.3 Å². The third kappa shape index (κ3) is 4.83. The Kier molecular flexibility index (Phi) is 6.91. The first-order chi connectivity index (χ1) is 13.5. The number of halogens is 1. The van der Waals surface area contributed by atoms with Gasteiger partial charge in [-0.25, -0.2) is 4.79 Å². The number of carbonyl (C=O) groups is 2. The maximum Gasteiger partial charge on any atom is 0.344 e. The minimum Gasteiger partial charge on any atom is -0.480 e. The molecule has 0 atom stereocenters. The molecule has 6 nitrogen and oxygen atoms in total. The highest BCUT2D eigenvalue weighted by Gasteiger charge is 2.36. The number of nitrogens with one attached hydrogen (secondary N) is 1. The van der Waals surface area contributed by atoms with Crippen molar-refractivity contribution in [3.05, 3.63) is 34.5 Å². The van der Waals surface area contributed by atoms with Gasteiger partial charge >= 0.3 is 5.97 Å². The Morgan fingerprint density at radius 3 is 2.79 bits per heavy atom. The molecule has 2 fully saturated rings. The van der Waals surface area contributed by atoms with Crippen molar-refractivity contribution in [2.75, 3.05) is 13.2 Å². The van der Waals surface area contributed by atoms with Crippen LogP contribution in [0.4, 0.5) is 0 Å². The number of amides is 1. The van der Waals surface area contributed by atoms with E-state index < -0.39 is 5.97 Å². The van der Waals surface area contributed by atoms with Crippen molar-refractivity contribution in [3.63, 3.8) is 0 Å². The fourth-order valence-electron chi connectivity index (χ4n) is 3.45. The van der Waals surface area contributed by atoms with E-state index in [1.54, 1.807) is 36.1 Å². The third-order valence-electron chi connectivity index (χ3n) is 4.77. The van der Waals surface area contributed by atoms with E-state index in [9.17, 15) is 9.59 Å². The Morgan fingerprint density at radius 2 is 2.11 bits per heavy atom. The zero-order valence-corrected chi connectivity index (χ0v) is 17.3. The van der Waals surface area contributed by atoms with Gasteiger partial charge in [0, 0.05) is 6.04 Å². The lowest BCUT2D eigenvalue weighted by Crippen LogP contribution is -2.41. The van der Waals surface area contributed by atoms with Gasteiger partial charge in [0.15, 0.2) is 11.7 Å². The lowest BCUT2D eigenvalue weighted by molar-refractivity contribution is -0.145. The second kappa shape index (κ2) is 9.39. The molecule has 1 aromatic rings. The van der Waals surface area contributed by atoms with Crippen molar-refractivity contribution in [1.29, 1.82) is 0 Å². The molecule has 1 amide bonds. The molecule has 1 aliphatic carbocycles. The summed E-state index contributed by atoms with van der Waals surface area (Å²) in [5.74, 6) is -0.181. The number of nitrogens with zero attached hydrogens (tertiary/aromatic N) is 1. The Labute approximate surface area is 174 Å². The molecular weight excluding hydrogens is 400 g/mol. The van der Waals surface area contributed by atoms with Crippen molar-refractivity contribution in [2.45, 2.75) is 45.1 Å². The van der Waals surface area contributed by atoms with Crippen LogP contribution in [0.5, 0.6) is 5.75 Å². The number of ether oxygens (including phenoxy) is 2. The van der Waals surface area contributed by atoms with Gasteiger partial charge in [0.25, 0.3) is 5.91 Å². The summed E-state index contributed by atoms with van der Waals surface area (Å²) < 4.78 is 10.2. The molecule has 3 rings (SSSR count). The molecular formula is C20H23ClN2O4S. The first kappa shape index (κ1) is 20.6. The first-order valence-electron chi connectivity index (χ1n) is 9.43. The second-order valence-corrected chi connectivity index (χ2v) is 7.53. The molecule has 0 unspecified atom stereocenters. The minimum atomic E-state index is -0.457. The molecule has 0 spiro atoms. The molecule has 1 saturated heterocycles. The molecule has 28 heavy (non-hydrogen) atoms.